The minimum Gasteiger partial charge on any atom is -0.491 e. The van der Waals surface area contributed by atoms with Gasteiger partial charge in [-0.2, -0.15) is 0 Å². The zero-order valence-corrected chi connectivity index (χ0v) is 16.3. The van der Waals surface area contributed by atoms with Gasteiger partial charge in [-0.05, 0) is 91.9 Å². The first-order valence-corrected chi connectivity index (χ1v) is 10.2. The monoisotopic (exact) mass is 344 g/mol. The molecule has 4 unspecified atom stereocenters. The summed E-state index contributed by atoms with van der Waals surface area (Å²) in [6.07, 6.45) is 7.16. The Hall–Kier alpha value is -1.31. The summed E-state index contributed by atoms with van der Waals surface area (Å²) in [4.78, 5) is 0. The van der Waals surface area contributed by atoms with E-state index in [1.54, 1.807) is 6.07 Å². The number of rotatable bonds is 2. The lowest BCUT2D eigenvalue weighted by molar-refractivity contribution is 0.0814. The second-order valence-electron chi connectivity index (χ2n) is 7.93. The Balaban J connectivity index is 0.000000880. The largest absolute Gasteiger partial charge is 0.491 e. The Kier molecular flexibility index (Phi) is 5.27. The predicted octanol–water partition coefficient (Wildman–Crippen LogP) is 6.66. The van der Waals surface area contributed by atoms with Crippen molar-refractivity contribution in [3.8, 4) is 5.75 Å². The van der Waals surface area contributed by atoms with Crippen LogP contribution in [0.15, 0.2) is 24.3 Å². The van der Waals surface area contributed by atoms with Gasteiger partial charge in [0.25, 0.3) is 0 Å². The van der Waals surface area contributed by atoms with Gasteiger partial charge in [0, 0.05) is 0 Å². The highest BCUT2D eigenvalue weighted by Crippen LogP contribution is 2.62. The van der Waals surface area contributed by atoms with Gasteiger partial charge in [0.1, 0.15) is 0 Å². The van der Waals surface area contributed by atoms with Crippen LogP contribution in [0.3, 0.4) is 0 Å². The number of ether oxygens (including phenoxy) is 1. The summed E-state index contributed by atoms with van der Waals surface area (Å²) in [5.41, 5.74) is 4.40. The number of hydrogen-bond donors (Lipinski definition) is 0. The number of fused-ring (bicyclic) bond motifs is 5. The molecule has 0 bridgehead atoms. The van der Waals surface area contributed by atoms with Crippen LogP contribution in [0.1, 0.15) is 76.8 Å². The molecule has 0 aromatic heterocycles. The second kappa shape index (κ2) is 7.13. The van der Waals surface area contributed by atoms with Gasteiger partial charge in [-0.3, -0.25) is 0 Å². The molecule has 0 N–H and O–H groups in total. The first kappa shape index (κ1) is 18.5. The van der Waals surface area contributed by atoms with Crippen molar-refractivity contribution in [3.63, 3.8) is 0 Å². The fourth-order valence-corrected chi connectivity index (χ4v) is 5.74. The summed E-state index contributed by atoms with van der Waals surface area (Å²) in [7, 11) is 0. The van der Waals surface area contributed by atoms with E-state index in [4.69, 9.17) is 4.74 Å². The van der Waals surface area contributed by atoms with Crippen molar-refractivity contribution >= 4 is 0 Å². The van der Waals surface area contributed by atoms with E-state index in [1.807, 2.05) is 26.8 Å². The molecule has 2 heteroatoms. The van der Waals surface area contributed by atoms with E-state index >= 15 is 0 Å². The first-order valence-electron chi connectivity index (χ1n) is 10.2. The molecule has 0 heterocycles. The second-order valence-corrected chi connectivity index (χ2v) is 7.93. The van der Waals surface area contributed by atoms with Crippen molar-refractivity contribution in [1.29, 1.82) is 0 Å². The molecule has 4 atom stereocenters. The molecule has 3 aliphatic carbocycles. The third-order valence-corrected chi connectivity index (χ3v) is 7.03. The highest BCUT2D eigenvalue weighted by Gasteiger charge is 2.51. The SMILES string of the molecule is C=C1CCC2C3CCc4cc(F)c(OCC)cc4C3CCC12C.CC. The topological polar surface area (TPSA) is 9.23 Å². The van der Waals surface area contributed by atoms with Crippen molar-refractivity contribution in [3.05, 3.63) is 41.2 Å². The third kappa shape index (κ3) is 2.92. The van der Waals surface area contributed by atoms with Crippen LogP contribution >= 0.6 is 0 Å². The van der Waals surface area contributed by atoms with Crippen LogP contribution in [0.2, 0.25) is 0 Å². The smallest absolute Gasteiger partial charge is 0.165 e. The molecule has 2 saturated carbocycles. The maximum absolute atomic E-state index is 14.2. The highest BCUT2D eigenvalue weighted by atomic mass is 19.1. The van der Waals surface area contributed by atoms with Gasteiger partial charge in [0.15, 0.2) is 11.6 Å². The van der Waals surface area contributed by atoms with E-state index in [1.165, 1.54) is 48.8 Å². The van der Waals surface area contributed by atoms with Crippen molar-refractivity contribution in [2.45, 2.75) is 72.1 Å². The molecule has 2 fully saturated rings. The van der Waals surface area contributed by atoms with Gasteiger partial charge in [-0.15, -0.1) is 0 Å². The molecule has 1 aromatic rings. The van der Waals surface area contributed by atoms with E-state index in [-0.39, 0.29) is 5.82 Å². The first-order chi connectivity index (χ1) is 12.0. The van der Waals surface area contributed by atoms with Crippen LogP contribution in [0.5, 0.6) is 5.75 Å². The Bertz CT molecular complexity index is 650. The lowest BCUT2D eigenvalue weighted by Gasteiger charge is -2.49. The Morgan fingerprint density at radius 2 is 1.96 bits per heavy atom. The van der Waals surface area contributed by atoms with Crippen LogP contribution in [-0.4, -0.2) is 6.61 Å². The van der Waals surface area contributed by atoms with E-state index in [9.17, 15) is 4.39 Å². The molecule has 3 aliphatic rings. The minimum atomic E-state index is -0.195. The summed E-state index contributed by atoms with van der Waals surface area (Å²) in [5, 5.41) is 0. The van der Waals surface area contributed by atoms with Gasteiger partial charge < -0.3 is 4.74 Å². The van der Waals surface area contributed by atoms with Crippen molar-refractivity contribution in [2.75, 3.05) is 6.61 Å². The lowest BCUT2D eigenvalue weighted by atomic mass is 9.55. The van der Waals surface area contributed by atoms with Gasteiger partial charge in [0.05, 0.1) is 6.61 Å². The van der Waals surface area contributed by atoms with Crippen LogP contribution in [-0.2, 0) is 6.42 Å². The summed E-state index contributed by atoms with van der Waals surface area (Å²) >= 11 is 0. The fourth-order valence-electron chi connectivity index (χ4n) is 5.74. The van der Waals surface area contributed by atoms with Gasteiger partial charge >= 0.3 is 0 Å². The fraction of sp³-hybridized carbons (Fsp3) is 0.652. The van der Waals surface area contributed by atoms with Crippen LogP contribution in [0, 0.1) is 23.1 Å². The lowest BCUT2D eigenvalue weighted by Crippen LogP contribution is -2.40. The molecular formula is C23H33FO. The molecule has 0 aliphatic heterocycles. The number of benzene rings is 1. The Morgan fingerprint density at radius 3 is 2.68 bits per heavy atom. The zero-order valence-electron chi connectivity index (χ0n) is 16.3. The van der Waals surface area contributed by atoms with E-state index in [2.05, 4.69) is 13.5 Å². The van der Waals surface area contributed by atoms with Crippen molar-refractivity contribution in [1.82, 2.24) is 0 Å². The van der Waals surface area contributed by atoms with E-state index in [0.29, 0.717) is 23.7 Å². The normalized spacial score (nSPS) is 32.8. The molecule has 0 amide bonds. The summed E-state index contributed by atoms with van der Waals surface area (Å²) in [6.45, 7) is 13.2. The van der Waals surface area contributed by atoms with E-state index in [0.717, 1.165) is 18.3 Å². The number of allylic oxidation sites excluding steroid dienone is 1. The maximum Gasteiger partial charge on any atom is 0.165 e. The number of hydrogen-bond acceptors (Lipinski definition) is 1. The van der Waals surface area contributed by atoms with Gasteiger partial charge in [-0.25, -0.2) is 4.39 Å². The molecule has 1 aromatic carbocycles. The summed E-state index contributed by atoms with van der Waals surface area (Å²) < 4.78 is 19.7. The summed E-state index contributed by atoms with van der Waals surface area (Å²) in [5.74, 6) is 2.33. The van der Waals surface area contributed by atoms with Gasteiger partial charge in [-0.1, -0.05) is 32.9 Å². The molecule has 4 rings (SSSR count). The van der Waals surface area contributed by atoms with E-state index < -0.39 is 0 Å². The predicted molar refractivity (Wildman–Crippen MR) is 103 cm³/mol. The average Bonchev–Trinajstić information content (AvgIpc) is 2.93. The van der Waals surface area contributed by atoms with Crippen molar-refractivity contribution in [2.24, 2.45) is 17.3 Å². The van der Waals surface area contributed by atoms with Crippen LogP contribution in [0.4, 0.5) is 4.39 Å². The number of halogens is 1. The Morgan fingerprint density at radius 1 is 1.20 bits per heavy atom. The Labute approximate surface area is 152 Å². The molecule has 0 spiro atoms. The number of aryl methyl sites for hydroxylation is 1. The maximum atomic E-state index is 14.2. The molecule has 138 valence electrons. The van der Waals surface area contributed by atoms with Crippen LogP contribution < -0.4 is 4.74 Å². The minimum absolute atomic E-state index is 0.195. The quantitative estimate of drug-likeness (QED) is 0.545. The molecule has 1 nitrogen and oxygen atoms in total. The van der Waals surface area contributed by atoms with Gasteiger partial charge in [0.2, 0.25) is 0 Å². The van der Waals surface area contributed by atoms with Crippen LogP contribution in [0.25, 0.3) is 0 Å². The molecule has 0 saturated heterocycles. The standard InChI is InChI=1S/C21H27FO.C2H6/c1-4-23-20-12-17-14(11-19(20)22)6-7-16-15(17)9-10-21(3)13(2)5-8-18(16)21;1-2/h11-12,15-16,18H,2,4-10H2,1,3H3;1-2H3. The molecule has 0 radical (unpaired) electrons. The average molecular weight is 345 g/mol. The highest BCUT2D eigenvalue weighted by molar-refractivity contribution is 5.42. The molecular weight excluding hydrogens is 311 g/mol. The van der Waals surface area contributed by atoms with Crippen molar-refractivity contribution < 1.29 is 9.13 Å². The molecule has 25 heavy (non-hydrogen) atoms. The summed E-state index contributed by atoms with van der Waals surface area (Å²) in [6, 6.07) is 3.75. The third-order valence-electron chi connectivity index (χ3n) is 7.03. The zero-order chi connectivity index (χ0) is 18.2.